The van der Waals surface area contributed by atoms with E-state index in [-0.39, 0.29) is 11.5 Å². The molecule has 0 radical (unpaired) electrons. The molecule has 238 valence electrons. The first-order chi connectivity index (χ1) is 24.7. The van der Waals surface area contributed by atoms with Crippen molar-refractivity contribution >= 4 is 66.4 Å². The molecule has 0 heterocycles. The van der Waals surface area contributed by atoms with Crippen LogP contribution in [0.1, 0.15) is 0 Å². The summed E-state index contributed by atoms with van der Waals surface area (Å²) in [5.41, 5.74) is 7.53. The second-order valence-corrected chi connectivity index (χ2v) is 12.5. The molecule has 4 nitrogen and oxygen atoms in total. The predicted molar refractivity (Wildman–Crippen MR) is 208 cm³/mol. The topological polar surface area (TPSA) is 46.9 Å². The highest BCUT2D eigenvalue weighted by Crippen LogP contribution is 2.51. The molecule has 0 aliphatic heterocycles. The number of benzene rings is 9. The van der Waals surface area contributed by atoms with Crippen LogP contribution in [0, 0.1) is 0 Å². The molecular formula is C46H32N2O2. The van der Waals surface area contributed by atoms with Crippen LogP contribution in [0.25, 0.3) is 43.4 Å². The fourth-order valence-electron chi connectivity index (χ4n) is 7.38. The number of rotatable bonds is 7. The van der Waals surface area contributed by atoms with E-state index in [1.807, 2.05) is 0 Å². The molecule has 50 heavy (non-hydrogen) atoms. The number of para-hydroxylation sites is 4. The Hall–Kier alpha value is -6.78. The Morgan fingerprint density at radius 1 is 0.340 bits per heavy atom. The second kappa shape index (κ2) is 12.0. The Balaban J connectivity index is 1.42. The number of phenolic OH excluding ortho intramolecular Hbond substituents is 2. The summed E-state index contributed by atoms with van der Waals surface area (Å²) in [6.07, 6.45) is 0. The zero-order valence-electron chi connectivity index (χ0n) is 27.1. The van der Waals surface area contributed by atoms with Crippen LogP contribution in [-0.2, 0) is 0 Å². The van der Waals surface area contributed by atoms with E-state index in [4.69, 9.17) is 0 Å². The van der Waals surface area contributed by atoms with Gasteiger partial charge in [0.2, 0.25) is 0 Å². The molecule has 9 rings (SSSR count). The minimum atomic E-state index is 0.0464. The number of aromatic hydroxyl groups is 2. The summed E-state index contributed by atoms with van der Waals surface area (Å²) in [4.78, 5) is 4.68. The first-order valence-electron chi connectivity index (χ1n) is 16.7. The molecule has 4 heteroatoms. The Labute approximate surface area is 290 Å². The van der Waals surface area contributed by atoms with Gasteiger partial charge in [0.05, 0.1) is 16.9 Å². The fraction of sp³-hybridized carbons (Fsp3) is 0. The van der Waals surface area contributed by atoms with Crippen LogP contribution in [0.5, 0.6) is 11.5 Å². The van der Waals surface area contributed by atoms with Crippen LogP contribution in [0.15, 0.2) is 182 Å². The van der Waals surface area contributed by atoms with Gasteiger partial charge in [-0.05, 0) is 101 Å². The Morgan fingerprint density at radius 3 is 1.10 bits per heavy atom. The largest absolute Gasteiger partial charge is 0.507 e. The van der Waals surface area contributed by atoms with E-state index in [0.717, 1.165) is 72.0 Å². The SMILES string of the molecule is Oc1cccc(O)c1-c1cc2ccc3c(N(c4ccccc4)c4ccccc4)cc(N(c4ccccc4)c4ccccc4)c4ccc(c1)c2c34. The van der Waals surface area contributed by atoms with E-state index in [1.54, 1.807) is 18.2 Å². The lowest BCUT2D eigenvalue weighted by molar-refractivity contribution is 0.454. The monoisotopic (exact) mass is 644 g/mol. The van der Waals surface area contributed by atoms with Crippen molar-refractivity contribution in [1.82, 2.24) is 0 Å². The van der Waals surface area contributed by atoms with Crippen LogP contribution in [0.3, 0.4) is 0 Å². The lowest BCUT2D eigenvalue weighted by Crippen LogP contribution is -2.14. The van der Waals surface area contributed by atoms with Gasteiger partial charge in [-0.3, -0.25) is 0 Å². The number of hydrogen-bond acceptors (Lipinski definition) is 4. The zero-order valence-corrected chi connectivity index (χ0v) is 27.1. The lowest BCUT2D eigenvalue weighted by Gasteiger charge is -2.32. The lowest BCUT2D eigenvalue weighted by atomic mass is 9.89. The van der Waals surface area contributed by atoms with E-state index in [1.165, 1.54) is 0 Å². The van der Waals surface area contributed by atoms with Gasteiger partial charge >= 0.3 is 0 Å². The fourth-order valence-corrected chi connectivity index (χ4v) is 7.38. The molecule has 9 aromatic carbocycles. The average Bonchev–Trinajstić information content (AvgIpc) is 3.16. The molecule has 0 atom stereocenters. The van der Waals surface area contributed by atoms with Crippen LogP contribution in [0.2, 0.25) is 0 Å². The van der Waals surface area contributed by atoms with Crippen LogP contribution >= 0.6 is 0 Å². The van der Waals surface area contributed by atoms with Gasteiger partial charge in [-0.15, -0.1) is 0 Å². The van der Waals surface area contributed by atoms with Crippen molar-refractivity contribution in [2.45, 2.75) is 0 Å². The zero-order chi connectivity index (χ0) is 33.6. The predicted octanol–water partition coefficient (Wildman–Crippen LogP) is 12.6. The van der Waals surface area contributed by atoms with E-state index < -0.39 is 0 Å². The maximum Gasteiger partial charge on any atom is 0.127 e. The number of hydrogen-bond donors (Lipinski definition) is 2. The number of phenols is 2. The molecule has 0 aromatic heterocycles. The molecule has 0 unspecified atom stereocenters. The Morgan fingerprint density at radius 2 is 0.720 bits per heavy atom. The average molecular weight is 645 g/mol. The Kier molecular flexibility index (Phi) is 7.07. The third-order valence-electron chi connectivity index (χ3n) is 9.52. The molecular weight excluding hydrogens is 613 g/mol. The third kappa shape index (κ3) is 4.85. The van der Waals surface area contributed by atoms with Gasteiger partial charge in [0.15, 0.2) is 0 Å². The van der Waals surface area contributed by atoms with Crippen molar-refractivity contribution in [3.05, 3.63) is 182 Å². The molecule has 0 saturated carbocycles. The highest BCUT2D eigenvalue weighted by molar-refractivity contribution is 6.29. The minimum absolute atomic E-state index is 0.0464. The van der Waals surface area contributed by atoms with Crippen molar-refractivity contribution in [3.63, 3.8) is 0 Å². The van der Waals surface area contributed by atoms with Gasteiger partial charge < -0.3 is 20.0 Å². The standard InChI is InChI=1S/C46H32N2O2/c49-42-22-13-23-43(50)45(42)33-28-31-24-26-38-40(47(34-14-5-1-6-15-34)35-16-7-2-8-17-35)30-41(39-27-25-32(29-33)44(31)46(38)39)48(36-18-9-3-10-19-36)37-20-11-4-12-21-37/h1-30,49-50H. The smallest absolute Gasteiger partial charge is 0.127 e. The summed E-state index contributed by atoms with van der Waals surface area (Å²) < 4.78 is 0. The van der Waals surface area contributed by atoms with Gasteiger partial charge in [0, 0.05) is 38.9 Å². The highest BCUT2D eigenvalue weighted by Gasteiger charge is 2.25. The molecule has 0 fully saturated rings. The molecule has 9 aromatic rings. The second-order valence-electron chi connectivity index (χ2n) is 12.5. The van der Waals surface area contributed by atoms with Crippen LogP contribution in [0.4, 0.5) is 34.1 Å². The first-order valence-corrected chi connectivity index (χ1v) is 16.7. The molecule has 0 aliphatic rings. The van der Waals surface area contributed by atoms with Crippen molar-refractivity contribution in [2.75, 3.05) is 9.80 Å². The van der Waals surface area contributed by atoms with Gasteiger partial charge in [0.25, 0.3) is 0 Å². The van der Waals surface area contributed by atoms with Gasteiger partial charge in [-0.1, -0.05) is 103 Å². The van der Waals surface area contributed by atoms with Crippen LogP contribution < -0.4 is 9.80 Å². The van der Waals surface area contributed by atoms with Crippen molar-refractivity contribution in [2.24, 2.45) is 0 Å². The summed E-state index contributed by atoms with van der Waals surface area (Å²) in [7, 11) is 0. The third-order valence-corrected chi connectivity index (χ3v) is 9.52. The molecule has 0 spiro atoms. The molecule has 2 N–H and O–H groups in total. The van der Waals surface area contributed by atoms with Crippen LogP contribution in [-0.4, -0.2) is 10.2 Å². The van der Waals surface area contributed by atoms with Crippen molar-refractivity contribution < 1.29 is 10.2 Å². The first kappa shape index (κ1) is 29.4. The number of nitrogens with zero attached hydrogens (tertiary/aromatic N) is 2. The number of anilines is 6. The molecule has 0 aliphatic carbocycles. The summed E-state index contributed by atoms with van der Waals surface area (Å²) in [5.74, 6) is 0.0928. The quantitative estimate of drug-likeness (QED) is 0.170. The maximum atomic E-state index is 10.8. The van der Waals surface area contributed by atoms with Gasteiger partial charge in [-0.25, -0.2) is 0 Å². The molecule has 0 amide bonds. The van der Waals surface area contributed by atoms with E-state index in [9.17, 15) is 10.2 Å². The highest BCUT2D eigenvalue weighted by atomic mass is 16.3. The normalized spacial score (nSPS) is 11.4. The summed E-state index contributed by atoms with van der Waals surface area (Å²) in [6.45, 7) is 0. The summed E-state index contributed by atoms with van der Waals surface area (Å²) >= 11 is 0. The van der Waals surface area contributed by atoms with Gasteiger partial charge in [0.1, 0.15) is 11.5 Å². The minimum Gasteiger partial charge on any atom is -0.507 e. The van der Waals surface area contributed by atoms with Gasteiger partial charge in [-0.2, -0.15) is 0 Å². The van der Waals surface area contributed by atoms with Crippen molar-refractivity contribution in [3.8, 4) is 22.6 Å². The van der Waals surface area contributed by atoms with E-state index >= 15 is 0 Å². The molecule has 0 bridgehead atoms. The van der Waals surface area contributed by atoms with Crippen molar-refractivity contribution in [1.29, 1.82) is 0 Å². The maximum absolute atomic E-state index is 10.8. The Bertz CT molecular complexity index is 2360. The molecule has 0 saturated heterocycles. The van der Waals surface area contributed by atoms with E-state index in [0.29, 0.717) is 5.56 Å². The summed E-state index contributed by atoms with van der Waals surface area (Å²) in [6, 6.07) is 62.2. The van der Waals surface area contributed by atoms with E-state index in [2.05, 4.69) is 174 Å². The summed E-state index contributed by atoms with van der Waals surface area (Å²) in [5, 5.41) is 28.2.